The summed E-state index contributed by atoms with van der Waals surface area (Å²) in [7, 11) is 7.51. The average molecular weight is 370 g/mol. The molecule has 2 rings (SSSR count). The molecule has 1 saturated carbocycles. The summed E-state index contributed by atoms with van der Waals surface area (Å²) in [5.41, 5.74) is 3.41. The van der Waals surface area contributed by atoms with E-state index in [1.807, 2.05) is 39.3 Å². The molecule has 1 N–H and O–H groups in total. The SMILES string of the molecule is COc1ccc(/C=N/NC(=O)C[N+](C)(C)C)cc1OC1CCCC1.[Cl-]. The van der Waals surface area contributed by atoms with Crippen LogP contribution in [0.25, 0.3) is 0 Å². The van der Waals surface area contributed by atoms with Crippen LogP contribution in [0.5, 0.6) is 11.5 Å². The Hall–Kier alpha value is -1.79. The van der Waals surface area contributed by atoms with Crippen LogP contribution < -0.4 is 27.3 Å². The van der Waals surface area contributed by atoms with Crippen molar-refractivity contribution in [2.24, 2.45) is 5.10 Å². The number of benzene rings is 1. The molecule has 140 valence electrons. The topological polar surface area (TPSA) is 59.9 Å². The number of rotatable bonds is 7. The van der Waals surface area contributed by atoms with Crippen molar-refractivity contribution in [3.63, 3.8) is 0 Å². The molecule has 0 atom stereocenters. The molecule has 0 unspecified atom stereocenters. The number of hydrogen-bond donors (Lipinski definition) is 1. The third-order valence-electron chi connectivity index (χ3n) is 3.80. The molecular formula is C18H28ClN3O3. The van der Waals surface area contributed by atoms with Gasteiger partial charge in [-0.3, -0.25) is 4.79 Å². The number of quaternary nitrogens is 1. The fourth-order valence-electron chi connectivity index (χ4n) is 2.70. The molecule has 0 bridgehead atoms. The molecule has 25 heavy (non-hydrogen) atoms. The van der Waals surface area contributed by atoms with Crippen LogP contribution in [0.3, 0.4) is 0 Å². The number of halogens is 1. The summed E-state index contributed by atoms with van der Waals surface area (Å²) in [6.07, 6.45) is 6.48. The van der Waals surface area contributed by atoms with Gasteiger partial charge in [0.25, 0.3) is 5.91 Å². The summed E-state index contributed by atoms with van der Waals surface area (Å²) < 4.78 is 12.0. The first kappa shape index (κ1) is 21.3. The lowest BCUT2D eigenvalue weighted by Gasteiger charge is -2.22. The highest BCUT2D eigenvalue weighted by molar-refractivity contribution is 5.83. The summed E-state index contributed by atoms with van der Waals surface area (Å²) in [5.74, 6) is 1.33. The first-order valence-corrected chi connectivity index (χ1v) is 8.34. The standard InChI is InChI=1S/C18H27N3O3.ClH/c1-21(2,3)13-18(22)20-19-12-14-9-10-16(23-4)17(11-14)24-15-7-5-6-8-15;/h9-12,15H,5-8,13H2,1-4H3;1H/b19-12+;. The summed E-state index contributed by atoms with van der Waals surface area (Å²) in [6.45, 7) is 0.371. The van der Waals surface area contributed by atoms with Crippen LogP contribution in [0.1, 0.15) is 31.2 Å². The number of amides is 1. The van der Waals surface area contributed by atoms with Crippen LogP contribution in [0.2, 0.25) is 0 Å². The maximum Gasteiger partial charge on any atom is 0.295 e. The van der Waals surface area contributed by atoms with Crippen molar-refractivity contribution < 1.29 is 31.2 Å². The molecule has 1 aromatic rings. The molecule has 0 spiro atoms. The maximum atomic E-state index is 11.8. The minimum Gasteiger partial charge on any atom is -1.00 e. The summed E-state index contributed by atoms with van der Waals surface area (Å²) in [4.78, 5) is 11.8. The molecule has 6 nitrogen and oxygen atoms in total. The number of carbonyl (C=O) groups is 1. The molecule has 1 aliphatic rings. The Balaban J connectivity index is 0.00000312. The highest BCUT2D eigenvalue weighted by Crippen LogP contribution is 2.32. The Morgan fingerprint density at radius 2 is 1.96 bits per heavy atom. The monoisotopic (exact) mass is 369 g/mol. The zero-order valence-electron chi connectivity index (χ0n) is 15.4. The minimum atomic E-state index is -0.116. The number of nitrogens with zero attached hydrogens (tertiary/aromatic N) is 2. The molecule has 0 radical (unpaired) electrons. The van der Waals surface area contributed by atoms with Crippen LogP contribution in [0.4, 0.5) is 0 Å². The first-order chi connectivity index (χ1) is 11.4. The second-order valence-electron chi connectivity index (χ2n) is 7.18. The van der Waals surface area contributed by atoms with Crippen molar-refractivity contribution in [2.45, 2.75) is 31.8 Å². The van der Waals surface area contributed by atoms with E-state index in [0.29, 0.717) is 16.8 Å². The lowest BCUT2D eigenvalue weighted by Crippen LogP contribution is -3.00. The van der Waals surface area contributed by atoms with E-state index in [0.717, 1.165) is 24.2 Å². The average Bonchev–Trinajstić information content (AvgIpc) is 2.98. The highest BCUT2D eigenvalue weighted by atomic mass is 35.5. The van der Waals surface area contributed by atoms with Gasteiger partial charge in [-0.05, 0) is 49.4 Å². The van der Waals surface area contributed by atoms with E-state index >= 15 is 0 Å². The van der Waals surface area contributed by atoms with Gasteiger partial charge >= 0.3 is 0 Å². The van der Waals surface area contributed by atoms with E-state index in [1.165, 1.54) is 12.8 Å². The summed E-state index contributed by atoms with van der Waals surface area (Å²) >= 11 is 0. The lowest BCUT2D eigenvalue weighted by atomic mass is 10.2. The largest absolute Gasteiger partial charge is 1.00 e. The minimum absolute atomic E-state index is 0. The molecule has 1 fully saturated rings. The van der Waals surface area contributed by atoms with Gasteiger partial charge in [0.1, 0.15) is 0 Å². The van der Waals surface area contributed by atoms with E-state index < -0.39 is 0 Å². The summed E-state index contributed by atoms with van der Waals surface area (Å²) in [6, 6.07) is 5.64. The zero-order chi connectivity index (χ0) is 17.6. The van der Waals surface area contributed by atoms with Crippen molar-refractivity contribution in [2.75, 3.05) is 34.8 Å². The van der Waals surface area contributed by atoms with Gasteiger partial charge in [-0.15, -0.1) is 0 Å². The number of nitrogens with one attached hydrogen (secondary N) is 1. The fourth-order valence-corrected chi connectivity index (χ4v) is 2.70. The Labute approximate surface area is 156 Å². The van der Waals surface area contributed by atoms with E-state index in [-0.39, 0.29) is 24.4 Å². The van der Waals surface area contributed by atoms with Gasteiger partial charge in [0, 0.05) is 0 Å². The van der Waals surface area contributed by atoms with Crippen molar-refractivity contribution in [1.82, 2.24) is 5.43 Å². The zero-order valence-corrected chi connectivity index (χ0v) is 16.2. The first-order valence-electron chi connectivity index (χ1n) is 8.34. The van der Waals surface area contributed by atoms with Gasteiger partial charge in [-0.1, -0.05) is 0 Å². The molecule has 1 aliphatic carbocycles. The van der Waals surface area contributed by atoms with Crippen molar-refractivity contribution in [3.8, 4) is 11.5 Å². The molecule has 1 amide bonds. The third-order valence-corrected chi connectivity index (χ3v) is 3.80. The van der Waals surface area contributed by atoms with Gasteiger partial charge < -0.3 is 26.4 Å². The van der Waals surface area contributed by atoms with Crippen LogP contribution in [0.15, 0.2) is 23.3 Å². The lowest BCUT2D eigenvalue weighted by molar-refractivity contribution is -0.862. The van der Waals surface area contributed by atoms with Crippen LogP contribution in [-0.4, -0.2) is 57.5 Å². The van der Waals surface area contributed by atoms with E-state index in [4.69, 9.17) is 9.47 Å². The second kappa shape index (κ2) is 9.63. The van der Waals surface area contributed by atoms with E-state index in [9.17, 15) is 4.79 Å². The number of likely N-dealkylation sites (N-methyl/N-ethyl adjacent to an activating group) is 1. The van der Waals surface area contributed by atoms with Crippen molar-refractivity contribution >= 4 is 12.1 Å². The Kier molecular flexibility index (Phi) is 8.19. The van der Waals surface area contributed by atoms with E-state index in [1.54, 1.807) is 13.3 Å². The van der Waals surface area contributed by atoms with Gasteiger partial charge in [0.05, 0.1) is 40.6 Å². The Morgan fingerprint density at radius 3 is 2.56 bits per heavy atom. The number of methoxy groups -OCH3 is 1. The van der Waals surface area contributed by atoms with Crippen LogP contribution in [-0.2, 0) is 4.79 Å². The molecule has 1 aromatic carbocycles. The normalized spacial score (nSPS) is 15.0. The van der Waals surface area contributed by atoms with Crippen molar-refractivity contribution in [1.29, 1.82) is 0 Å². The number of ether oxygens (including phenoxy) is 2. The molecule has 7 heteroatoms. The molecule has 0 saturated heterocycles. The fraction of sp³-hybridized carbons (Fsp3) is 0.556. The van der Waals surface area contributed by atoms with E-state index in [2.05, 4.69) is 10.5 Å². The number of hydrogen-bond acceptors (Lipinski definition) is 4. The van der Waals surface area contributed by atoms with Crippen molar-refractivity contribution in [3.05, 3.63) is 23.8 Å². The third kappa shape index (κ3) is 7.32. The van der Waals surface area contributed by atoms with Gasteiger partial charge in [-0.25, -0.2) is 5.43 Å². The smallest absolute Gasteiger partial charge is 0.295 e. The Bertz CT molecular complexity index is 594. The van der Waals surface area contributed by atoms with Gasteiger partial charge in [-0.2, -0.15) is 5.10 Å². The second-order valence-corrected chi connectivity index (χ2v) is 7.18. The molecule has 0 aliphatic heterocycles. The van der Waals surface area contributed by atoms with Crippen LogP contribution >= 0.6 is 0 Å². The van der Waals surface area contributed by atoms with Crippen LogP contribution in [0, 0.1) is 0 Å². The predicted molar refractivity (Wildman–Crippen MR) is 94.5 cm³/mol. The molecule has 0 heterocycles. The maximum absolute atomic E-state index is 11.8. The number of hydrazone groups is 1. The van der Waals surface area contributed by atoms with Gasteiger partial charge in [0.15, 0.2) is 18.0 Å². The summed E-state index contributed by atoms with van der Waals surface area (Å²) in [5, 5.41) is 4.02. The molecular weight excluding hydrogens is 342 g/mol. The number of carbonyl (C=O) groups excluding carboxylic acids is 1. The predicted octanol–water partition coefficient (Wildman–Crippen LogP) is -0.823. The van der Waals surface area contributed by atoms with Gasteiger partial charge in [0.2, 0.25) is 0 Å². The quantitative estimate of drug-likeness (QED) is 0.388. The Morgan fingerprint density at radius 1 is 1.28 bits per heavy atom. The highest BCUT2D eigenvalue weighted by Gasteiger charge is 2.18. The molecule has 0 aromatic heterocycles.